The maximum Gasteiger partial charge on any atom is 0.346 e. The topological polar surface area (TPSA) is 244 Å². The van der Waals surface area contributed by atoms with E-state index in [1.165, 1.54) is 24.3 Å². The molecule has 42 heavy (non-hydrogen) atoms. The van der Waals surface area contributed by atoms with Gasteiger partial charge in [-0.25, -0.2) is 38.4 Å². The fraction of sp³-hybridized carbons (Fsp3) is 0. The van der Waals surface area contributed by atoms with Gasteiger partial charge in [0.25, 0.3) is 0 Å². The second-order valence-corrected chi connectivity index (χ2v) is 8.86. The maximum atomic E-state index is 11.5. The lowest BCUT2D eigenvalue weighted by Gasteiger charge is -2.08. The average molecular weight is 572 g/mol. The lowest BCUT2D eigenvalue weighted by molar-refractivity contribution is 0.0651. The Kier molecular flexibility index (Phi) is 6.23. The Morgan fingerprint density at radius 3 is 0.762 bits per heavy atom. The molecule has 4 N–H and O–H groups in total. The van der Waals surface area contributed by atoms with E-state index in [0.29, 0.717) is 10.8 Å². The fourth-order valence-electron chi connectivity index (χ4n) is 4.47. The second kappa shape index (κ2) is 9.63. The van der Waals surface area contributed by atoms with Crippen molar-refractivity contribution in [2.24, 2.45) is 0 Å². The highest BCUT2D eigenvalue weighted by atomic mass is 16.4. The van der Waals surface area contributed by atoms with Crippen LogP contribution in [0.3, 0.4) is 0 Å². The quantitative estimate of drug-likeness (QED) is 0.237. The van der Waals surface area contributed by atoms with Gasteiger partial charge in [-0.2, -0.15) is 0 Å². The molecule has 0 saturated carbocycles. The van der Waals surface area contributed by atoms with Crippen LogP contribution in [0.1, 0.15) is 41.4 Å². The summed E-state index contributed by atoms with van der Waals surface area (Å²) in [4.78, 5) is 90.3. The van der Waals surface area contributed by atoms with Gasteiger partial charge in [-0.3, -0.25) is 0 Å². The summed E-state index contributed by atoms with van der Waals surface area (Å²) in [7, 11) is 0. The Morgan fingerprint density at radius 2 is 0.571 bits per heavy atom. The van der Waals surface area contributed by atoms with E-state index in [2.05, 4.69) is 8.83 Å². The third kappa shape index (κ3) is 4.44. The molecule has 0 radical (unpaired) electrons. The molecule has 0 fully saturated rings. The normalized spacial score (nSPS) is 11.0. The van der Waals surface area contributed by atoms with Crippen molar-refractivity contribution in [3.05, 3.63) is 112 Å². The van der Waals surface area contributed by atoms with Crippen molar-refractivity contribution < 1.29 is 48.4 Å². The molecule has 0 spiro atoms. The lowest BCUT2D eigenvalue weighted by Crippen LogP contribution is -2.10. The second-order valence-electron chi connectivity index (χ2n) is 8.86. The van der Waals surface area contributed by atoms with E-state index in [0.717, 1.165) is 24.3 Å². The molecule has 208 valence electrons. The molecule has 0 amide bonds. The van der Waals surface area contributed by atoms with E-state index in [-0.39, 0.29) is 32.3 Å². The van der Waals surface area contributed by atoms with Gasteiger partial charge in [-0.15, -0.1) is 0 Å². The highest BCUT2D eigenvalue weighted by Gasteiger charge is 2.21. The molecule has 0 bridgehead atoms. The van der Waals surface area contributed by atoms with E-state index in [1.54, 1.807) is 0 Å². The number of furan rings is 2. The fourth-order valence-corrected chi connectivity index (χ4v) is 4.47. The van der Waals surface area contributed by atoms with Gasteiger partial charge in [0.15, 0.2) is 0 Å². The molecule has 2 heterocycles. The molecule has 4 aromatic carbocycles. The highest BCUT2D eigenvalue weighted by Crippen LogP contribution is 2.25. The van der Waals surface area contributed by atoms with Crippen molar-refractivity contribution in [1.82, 2.24) is 0 Å². The Labute approximate surface area is 228 Å². The van der Waals surface area contributed by atoms with Crippen LogP contribution in [-0.4, -0.2) is 44.3 Å². The number of rotatable bonds is 4. The van der Waals surface area contributed by atoms with Gasteiger partial charge in [0, 0.05) is 0 Å². The Morgan fingerprint density at radius 1 is 0.381 bits per heavy atom. The summed E-state index contributed by atoms with van der Waals surface area (Å²) in [6.45, 7) is 0. The van der Waals surface area contributed by atoms with E-state index in [4.69, 9.17) is 20.4 Å². The molecular weight excluding hydrogens is 560 g/mol. The largest absolute Gasteiger partial charge is 0.478 e. The van der Waals surface area contributed by atoms with Crippen molar-refractivity contribution in [2.45, 2.75) is 0 Å². The number of carboxylic acids is 4. The first-order valence-electron chi connectivity index (χ1n) is 11.5. The third-order valence-electron chi connectivity index (χ3n) is 6.40. The van der Waals surface area contributed by atoms with Crippen molar-refractivity contribution in [3.63, 3.8) is 0 Å². The van der Waals surface area contributed by atoms with Crippen molar-refractivity contribution in [3.8, 4) is 0 Å². The smallest absolute Gasteiger partial charge is 0.346 e. The van der Waals surface area contributed by atoms with Crippen molar-refractivity contribution >= 4 is 67.0 Å². The standard InChI is InChI=1S/C14H8O8.C14H4O6/c15-11(16)7-1-5-2-9(13(19)20)10(14(21)22)4-6(5)3-8(7)12(17)18;15-11-7-1-5-2-9-10(14(18)20-13(9)17)4-6(5)3-8(7)12(16)19-11/h1-4H,(H,15,16)(H,17,18)(H,19,20)(H,21,22);1-4H. The number of benzene rings is 4. The summed E-state index contributed by atoms with van der Waals surface area (Å²) < 4.78 is 9.02. The number of hydrogen-bond acceptors (Lipinski definition) is 10. The minimum Gasteiger partial charge on any atom is -0.478 e. The van der Waals surface area contributed by atoms with E-state index < -0.39 is 68.6 Å². The predicted octanol–water partition coefficient (Wildman–Crippen LogP) is 2.28. The van der Waals surface area contributed by atoms with Crippen molar-refractivity contribution in [2.75, 3.05) is 0 Å². The molecule has 6 aromatic rings. The zero-order chi connectivity index (χ0) is 30.6. The van der Waals surface area contributed by atoms with Crippen LogP contribution in [0.2, 0.25) is 0 Å². The van der Waals surface area contributed by atoms with Gasteiger partial charge < -0.3 is 29.3 Å². The summed E-state index contributed by atoms with van der Waals surface area (Å²) >= 11 is 0. The number of aromatic carboxylic acids is 4. The molecule has 0 aliphatic rings. The number of fused-ring (bicyclic) bond motifs is 4. The van der Waals surface area contributed by atoms with Crippen LogP contribution in [0, 0.1) is 0 Å². The number of hydrogen-bond donors (Lipinski definition) is 4. The molecule has 6 rings (SSSR count). The van der Waals surface area contributed by atoms with Gasteiger partial charge in [0.2, 0.25) is 0 Å². The Balaban J connectivity index is 0.000000168. The molecule has 0 saturated heterocycles. The van der Waals surface area contributed by atoms with Crippen LogP contribution in [0.15, 0.2) is 76.5 Å². The minimum absolute atomic E-state index is 0.116. The minimum atomic E-state index is -1.49. The summed E-state index contributed by atoms with van der Waals surface area (Å²) in [6, 6.07) is 9.86. The first kappa shape index (κ1) is 27.1. The van der Waals surface area contributed by atoms with Crippen LogP contribution < -0.4 is 22.5 Å². The summed E-state index contributed by atoms with van der Waals surface area (Å²) in [6.07, 6.45) is 0. The maximum absolute atomic E-state index is 11.5. The molecule has 0 atom stereocenters. The highest BCUT2D eigenvalue weighted by molar-refractivity contribution is 6.10. The summed E-state index contributed by atoms with van der Waals surface area (Å²) in [5, 5.41) is 38.0. The SMILES string of the molecule is O=C(O)c1cc2cc(C(=O)O)c(C(=O)O)cc2cc1C(=O)O.O=c1oc(=O)c2cc3cc4c(=O)oc(=O)c4cc3cc12. The summed E-state index contributed by atoms with van der Waals surface area (Å²) in [5.41, 5.74) is -4.92. The van der Waals surface area contributed by atoms with E-state index in [9.17, 15) is 38.4 Å². The van der Waals surface area contributed by atoms with Gasteiger partial charge in [-0.05, 0) is 70.1 Å². The van der Waals surface area contributed by atoms with Crippen LogP contribution in [-0.2, 0) is 0 Å². The predicted molar refractivity (Wildman–Crippen MR) is 143 cm³/mol. The zero-order valence-electron chi connectivity index (χ0n) is 20.5. The van der Waals surface area contributed by atoms with Crippen LogP contribution in [0.25, 0.3) is 43.1 Å². The van der Waals surface area contributed by atoms with E-state index in [1.807, 2.05) is 0 Å². The molecule has 14 heteroatoms. The lowest BCUT2D eigenvalue weighted by atomic mass is 9.96. The van der Waals surface area contributed by atoms with Crippen molar-refractivity contribution in [1.29, 1.82) is 0 Å². The Hall–Kier alpha value is -6.44. The first-order valence-corrected chi connectivity index (χ1v) is 11.5. The van der Waals surface area contributed by atoms with Gasteiger partial charge >= 0.3 is 46.4 Å². The van der Waals surface area contributed by atoms with Gasteiger partial charge in [0.05, 0.1) is 43.8 Å². The molecule has 0 unspecified atom stereocenters. The molecule has 0 aliphatic heterocycles. The average Bonchev–Trinajstić information content (AvgIpc) is 3.36. The Bertz CT molecular complexity index is 2070. The summed E-state index contributed by atoms with van der Waals surface area (Å²) in [5.74, 6) is -5.95. The first-order chi connectivity index (χ1) is 19.8. The number of carbonyl (C=O) groups is 4. The van der Waals surface area contributed by atoms with Gasteiger partial charge in [-0.1, -0.05) is 0 Å². The molecule has 2 aromatic heterocycles. The molecular formula is C28H12O14. The van der Waals surface area contributed by atoms with Gasteiger partial charge in [0.1, 0.15) is 0 Å². The van der Waals surface area contributed by atoms with Crippen LogP contribution >= 0.6 is 0 Å². The monoisotopic (exact) mass is 572 g/mol. The number of carboxylic acid groups (broad SMARTS) is 4. The molecule has 0 aliphatic carbocycles. The molecule has 14 nitrogen and oxygen atoms in total. The van der Waals surface area contributed by atoms with Crippen LogP contribution in [0.5, 0.6) is 0 Å². The third-order valence-corrected chi connectivity index (χ3v) is 6.40. The van der Waals surface area contributed by atoms with E-state index >= 15 is 0 Å². The zero-order valence-corrected chi connectivity index (χ0v) is 20.5. The van der Waals surface area contributed by atoms with Crippen LogP contribution in [0.4, 0.5) is 0 Å².